The molecule has 8 heteroatoms. The van der Waals surface area contributed by atoms with Crippen molar-refractivity contribution in [1.29, 1.82) is 0 Å². The number of aliphatic hydroxyl groups is 1. The molecular formula is C20H26ClN3O4. The largest absolute Gasteiger partial charge is 0.493 e. The summed E-state index contributed by atoms with van der Waals surface area (Å²) in [5, 5.41) is 13.4. The van der Waals surface area contributed by atoms with E-state index in [1.165, 1.54) is 23.6 Å². The van der Waals surface area contributed by atoms with Crippen molar-refractivity contribution < 1.29 is 9.84 Å². The van der Waals surface area contributed by atoms with Crippen LogP contribution in [-0.2, 0) is 13.2 Å². The summed E-state index contributed by atoms with van der Waals surface area (Å²) < 4.78 is 7.42. The molecule has 3 rings (SSSR count). The van der Waals surface area contributed by atoms with Gasteiger partial charge in [0.15, 0.2) is 0 Å². The van der Waals surface area contributed by atoms with Crippen molar-refractivity contribution in [2.24, 2.45) is 0 Å². The van der Waals surface area contributed by atoms with E-state index < -0.39 is 17.9 Å². The molecule has 1 aliphatic heterocycles. The van der Waals surface area contributed by atoms with Gasteiger partial charge >= 0.3 is 5.69 Å². The molecule has 1 unspecified atom stereocenters. The van der Waals surface area contributed by atoms with Gasteiger partial charge in [-0.1, -0.05) is 18.0 Å². The highest BCUT2D eigenvalue weighted by Gasteiger charge is 2.15. The molecule has 2 heterocycles. The lowest BCUT2D eigenvalue weighted by atomic mass is 10.0. The van der Waals surface area contributed by atoms with Crippen LogP contribution in [0.25, 0.3) is 0 Å². The Kier molecular flexibility index (Phi) is 6.93. The number of ether oxygens (including phenoxy) is 1. The van der Waals surface area contributed by atoms with Crippen molar-refractivity contribution in [3.05, 3.63) is 60.9 Å². The minimum Gasteiger partial charge on any atom is -0.493 e. The van der Waals surface area contributed by atoms with Crippen LogP contribution in [0.2, 0.25) is 5.02 Å². The number of aliphatic hydroxyl groups excluding tert-OH is 1. The summed E-state index contributed by atoms with van der Waals surface area (Å²) in [6, 6.07) is 4.06. The van der Waals surface area contributed by atoms with Crippen LogP contribution in [0.1, 0.15) is 42.4 Å². The fourth-order valence-electron chi connectivity index (χ4n) is 3.57. The number of halogens is 1. The van der Waals surface area contributed by atoms with Gasteiger partial charge in [0, 0.05) is 22.8 Å². The van der Waals surface area contributed by atoms with Crippen LogP contribution in [0.5, 0.6) is 5.75 Å². The highest BCUT2D eigenvalue weighted by Crippen LogP contribution is 2.29. The number of hydrogen-bond acceptors (Lipinski definition) is 5. The third-order valence-corrected chi connectivity index (χ3v) is 5.26. The average Bonchev–Trinajstić information content (AvgIpc) is 2.66. The predicted octanol–water partition coefficient (Wildman–Crippen LogP) is 1.95. The Morgan fingerprint density at radius 2 is 2.11 bits per heavy atom. The summed E-state index contributed by atoms with van der Waals surface area (Å²) in [4.78, 5) is 26.0. The number of hydrogen-bond donors (Lipinski definition) is 3. The van der Waals surface area contributed by atoms with Gasteiger partial charge in [-0.3, -0.25) is 14.3 Å². The van der Waals surface area contributed by atoms with E-state index in [9.17, 15) is 14.7 Å². The van der Waals surface area contributed by atoms with Gasteiger partial charge in [0.05, 0.1) is 25.3 Å². The predicted molar refractivity (Wildman–Crippen MR) is 108 cm³/mol. The summed E-state index contributed by atoms with van der Waals surface area (Å²) in [5.74, 6) is 0.698. The Bertz CT molecular complexity index is 932. The van der Waals surface area contributed by atoms with E-state index in [1.54, 1.807) is 6.07 Å². The molecule has 1 aromatic heterocycles. The topological polar surface area (TPSA) is 96.4 Å². The maximum Gasteiger partial charge on any atom is 0.328 e. The van der Waals surface area contributed by atoms with Crippen molar-refractivity contribution in [1.82, 2.24) is 14.9 Å². The van der Waals surface area contributed by atoms with E-state index in [-0.39, 0.29) is 12.1 Å². The molecule has 0 bridgehead atoms. The van der Waals surface area contributed by atoms with E-state index in [2.05, 4.69) is 10.3 Å². The van der Waals surface area contributed by atoms with Crippen LogP contribution in [0.4, 0.5) is 0 Å². The zero-order valence-corrected chi connectivity index (χ0v) is 16.7. The van der Waals surface area contributed by atoms with Crippen molar-refractivity contribution in [3.63, 3.8) is 0 Å². The first-order valence-corrected chi connectivity index (χ1v) is 9.94. The highest BCUT2D eigenvalue weighted by molar-refractivity contribution is 6.30. The van der Waals surface area contributed by atoms with Crippen molar-refractivity contribution in [2.75, 3.05) is 13.2 Å². The second-order valence-electron chi connectivity index (χ2n) is 7.19. The number of aromatic nitrogens is 2. The van der Waals surface area contributed by atoms with Crippen LogP contribution in [-0.4, -0.2) is 33.9 Å². The lowest BCUT2D eigenvalue weighted by molar-refractivity contribution is 0.264. The van der Waals surface area contributed by atoms with E-state index in [1.807, 2.05) is 13.0 Å². The Labute approximate surface area is 168 Å². The van der Waals surface area contributed by atoms with E-state index in [4.69, 9.17) is 16.3 Å². The average molecular weight is 408 g/mol. The first kappa shape index (κ1) is 20.6. The van der Waals surface area contributed by atoms with Gasteiger partial charge in [-0.15, -0.1) is 0 Å². The van der Waals surface area contributed by atoms with Gasteiger partial charge in [-0.2, -0.15) is 0 Å². The molecule has 1 fully saturated rings. The third kappa shape index (κ3) is 5.04. The van der Waals surface area contributed by atoms with Crippen LogP contribution in [0.3, 0.4) is 0 Å². The molecule has 0 radical (unpaired) electrons. The zero-order chi connectivity index (χ0) is 20.1. The number of aryl methyl sites for hydroxylation is 1. The van der Waals surface area contributed by atoms with Crippen LogP contribution in [0, 0.1) is 6.92 Å². The number of nitrogens with one attached hydrogen (secondary N) is 2. The van der Waals surface area contributed by atoms with Crippen molar-refractivity contribution in [2.45, 2.75) is 51.8 Å². The summed E-state index contributed by atoms with van der Waals surface area (Å²) in [6.07, 6.45) is 5.90. The molecule has 0 saturated carbocycles. The second kappa shape index (κ2) is 9.41. The van der Waals surface area contributed by atoms with Gasteiger partial charge in [-0.25, -0.2) is 4.79 Å². The normalized spacial score (nSPS) is 16.9. The second-order valence-corrected chi connectivity index (χ2v) is 7.63. The molecule has 3 N–H and O–H groups in total. The first-order chi connectivity index (χ1) is 13.5. The molecule has 0 amide bonds. The molecule has 0 aliphatic carbocycles. The Hall–Kier alpha value is -2.09. The van der Waals surface area contributed by atoms with Crippen molar-refractivity contribution in [3.8, 4) is 5.75 Å². The van der Waals surface area contributed by atoms with Crippen molar-refractivity contribution >= 4 is 11.6 Å². The number of aromatic amines is 1. The molecule has 1 atom stereocenters. The zero-order valence-electron chi connectivity index (χ0n) is 16.0. The molecule has 7 nitrogen and oxygen atoms in total. The van der Waals surface area contributed by atoms with E-state index >= 15 is 0 Å². The molecule has 2 aromatic rings. The lowest BCUT2D eigenvalue weighted by Gasteiger charge is -2.24. The maximum absolute atomic E-state index is 12.2. The molecule has 1 aromatic carbocycles. The molecule has 152 valence electrons. The first-order valence-electron chi connectivity index (χ1n) is 9.56. The third-order valence-electron chi connectivity index (χ3n) is 5.04. The molecule has 1 saturated heterocycles. The molecule has 1 aliphatic rings. The quantitative estimate of drug-likeness (QED) is 0.652. The van der Waals surface area contributed by atoms with Crippen LogP contribution >= 0.6 is 11.6 Å². The lowest BCUT2D eigenvalue weighted by Crippen LogP contribution is -2.35. The standard InChI is InChI=1S/C20H26ClN3O4/c1-13-8-16(21)9-14(10-24-11-15(12-25)19(26)23-20(24)27)18(13)28-7-5-17-4-2-3-6-22-17/h8-9,11,17,22,25H,2-7,10,12H2,1H3,(H,23,26,27). The highest BCUT2D eigenvalue weighted by atomic mass is 35.5. The van der Waals surface area contributed by atoms with E-state index in [0.29, 0.717) is 23.4 Å². The van der Waals surface area contributed by atoms with Gasteiger partial charge < -0.3 is 15.2 Å². The Morgan fingerprint density at radius 1 is 1.29 bits per heavy atom. The monoisotopic (exact) mass is 407 g/mol. The number of benzene rings is 1. The van der Waals surface area contributed by atoms with Gasteiger partial charge in [0.1, 0.15) is 5.75 Å². The summed E-state index contributed by atoms with van der Waals surface area (Å²) in [6.45, 7) is 3.27. The minimum atomic E-state index is -0.581. The van der Waals surface area contributed by atoms with E-state index in [0.717, 1.165) is 30.5 Å². The fraction of sp³-hybridized carbons (Fsp3) is 0.500. The van der Waals surface area contributed by atoms with Crippen LogP contribution < -0.4 is 21.3 Å². The Morgan fingerprint density at radius 3 is 2.82 bits per heavy atom. The number of rotatable bonds is 7. The number of H-pyrrole nitrogens is 1. The molecular weight excluding hydrogens is 382 g/mol. The summed E-state index contributed by atoms with van der Waals surface area (Å²) >= 11 is 6.22. The molecule has 0 spiro atoms. The van der Waals surface area contributed by atoms with Gasteiger partial charge in [0.25, 0.3) is 5.56 Å². The number of nitrogens with zero attached hydrogens (tertiary/aromatic N) is 1. The fourth-order valence-corrected chi connectivity index (χ4v) is 3.86. The SMILES string of the molecule is Cc1cc(Cl)cc(Cn2cc(CO)c(=O)[nH]c2=O)c1OCCC1CCCCN1. The summed E-state index contributed by atoms with van der Waals surface area (Å²) in [5.41, 5.74) is 0.641. The summed E-state index contributed by atoms with van der Waals surface area (Å²) in [7, 11) is 0. The smallest absolute Gasteiger partial charge is 0.328 e. The van der Waals surface area contributed by atoms with Gasteiger partial charge in [-0.05, 0) is 50.4 Å². The Balaban J connectivity index is 1.80. The van der Waals surface area contributed by atoms with Gasteiger partial charge in [0.2, 0.25) is 0 Å². The number of piperidine rings is 1. The maximum atomic E-state index is 12.2. The molecule has 28 heavy (non-hydrogen) atoms. The minimum absolute atomic E-state index is 0.129. The van der Waals surface area contributed by atoms with Crippen LogP contribution in [0.15, 0.2) is 27.9 Å².